The average Bonchev–Trinajstić information content (AvgIpc) is 3.60. The molecule has 1 heterocycles. The molecule has 1 heteroatoms. The molecule has 0 fully saturated rings. The van der Waals surface area contributed by atoms with Crippen LogP contribution in [0.4, 0.5) is 0 Å². The SMILES string of the molecule is Cc1cccc(C)c1-c1c2ccccc2c(-c2ccc3c(c2)oc2ccc(-c4c5ccccc5c(-c5ccccc5)c5ccccc45)cc23)c2ccccc12. The van der Waals surface area contributed by atoms with Crippen molar-refractivity contribution in [3.8, 4) is 44.5 Å². The van der Waals surface area contributed by atoms with Gasteiger partial charge in [-0.05, 0) is 137 Å². The Morgan fingerprint density at radius 2 is 0.673 bits per heavy atom. The van der Waals surface area contributed by atoms with Crippen LogP contribution < -0.4 is 0 Å². The molecular weight excluding hydrogens is 665 g/mol. The highest BCUT2D eigenvalue weighted by Crippen LogP contribution is 2.47. The Hall–Kier alpha value is -6.96. The van der Waals surface area contributed by atoms with Gasteiger partial charge in [0.15, 0.2) is 0 Å². The smallest absolute Gasteiger partial charge is 0.136 e. The van der Waals surface area contributed by atoms with Gasteiger partial charge in [0.2, 0.25) is 0 Å². The monoisotopic (exact) mass is 700 g/mol. The molecule has 55 heavy (non-hydrogen) atoms. The minimum atomic E-state index is 0.894. The highest BCUT2D eigenvalue weighted by atomic mass is 16.3. The van der Waals surface area contributed by atoms with Gasteiger partial charge in [0.25, 0.3) is 0 Å². The first-order chi connectivity index (χ1) is 27.1. The van der Waals surface area contributed by atoms with E-state index < -0.39 is 0 Å². The van der Waals surface area contributed by atoms with Gasteiger partial charge >= 0.3 is 0 Å². The lowest BCUT2D eigenvalue weighted by atomic mass is 9.83. The third kappa shape index (κ3) is 4.80. The van der Waals surface area contributed by atoms with E-state index in [1.54, 1.807) is 0 Å². The Kier molecular flexibility index (Phi) is 7.06. The minimum Gasteiger partial charge on any atom is -0.456 e. The molecule has 0 spiro atoms. The van der Waals surface area contributed by atoms with Crippen molar-refractivity contribution in [1.82, 2.24) is 0 Å². The van der Waals surface area contributed by atoms with Crippen LogP contribution >= 0.6 is 0 Å². The van der Waals surface area contributed by atoms with Crippen molar-refractivity contribution >= 4 is 65.0 Å². The van der Waals surface area contributed by atoms with Crippen molar-refractivity contribution in [3.63, 3.8) is 0 Å². The van der Waals surface area contributed by atoms with Crippen LogP contribution in [0.5, 0.6) is 0 Å². The average molecular weight is 701 g/mol. The molecule has 10 aromatic carbocycles. The van der Waals surface area contributed by atoms with E-state index in [1.807, 2.05) is 0 Å². The normalized spacial score (nSPS) is 11.8. The van der Waals surface area contributed by atoms with Crippen LogP contribution in [0.1, 0.15) is 11.1 Å². The number of fused-ring (bicyclic) bond motifs is 7. The highest BCUT2D eigenvalue weighted by Gasteiger charge is 2.21. The standard InChI is InChI=1S/C54H36O/c1-33-15-14-16-34(2)50(33)54-45-25-12-10-23-43(45)53(44-24-11-13-26-46(44)54)37-27-29-38-47-31-36(28-30-48(47)55-49(38)32-37)52-41-21-8-6-19-39(41)51(35-17-4-3-5-18-35)40-20-7-9-22-42(40)52/h3-32H,1-2H3. The minimum absolute atomic E-state index is 0.894. The molecule has 0 saturated heterocycles. The Labute approximate surface area is 319 Å². The number of furan rings is 1. The molecule has 0 aliphatic rings. The second-order valence-electron chi connectivity index (χ2n) is 14.8. The summed E-state index contributed by atoms with van der Waals surface area (Å²) in [4.78, 5) is 0. The first kappa shape index (κ1) is 31.6. The van der Waals surface area contributed by atoms with Crippen LogP contribution in [0.2, 0.25) is 0 Å². The van der Waals surface area contributed by atoms with Gasteiger partial charge < -0.3 is 4.42 Å². The van der Waals surface area contributed by atoms with E-state index in [9.17, 15) is 0 Å². The zero-order valence-corrected chi connectivity index (χ0v) is 30.7. The van der Waals surface area contributed by atoms with Gasteiger partial charge in [-0.3, -0.25) is 0 Å². The largest absolute Gasteiger partial charge is 0.456 e. The summed E-state index contributed by atoms with van der Waals surface area (Å²) >= 11 is 0. The number of benzene rings is 10. The molecule has 258 valence electrons. The lowest BCUT2D eigenvalue weighted by Crippen LogP contribution is -1.94. The fourth-order valence-corrected chi connectivity index (χ4v) is 9.36. The molecule has 0 aliphatic carbocycles. The third-order valence-electron chi connectivity index (χ3n) is 11.7. The van der Waals surface area contributed by atoms with E-state index in [2.05, 4.69) is 196 Å². The maximum absolute atomic E-state index is 6.71. The van der Waals surface area contributed by atoms with E-state index in [0.29, 0.717) is 0 Å². The number of hydrogen-bond donors (Lipinski definition) is 0. The molecule has 0 aliphatic heterocycles. The van der Waals surface area contributed by atoms with Crippen LogP contribution in [0.3, 0.4) is 0 Å². The van der Waals surface area contributed by atoms with Gasteiger partial charge in [-0.2, -0.15) is 0 Å². The van der Waals surface area contributed by atoms with E-state index in [4.69, 9.17) is 4.42 Å². The lowest BCUT2D eigenvalue weighted by Gasteiger charge is -2.20. The van der Waals surface area contributed by atoms with E-state index in [0.717, 1.165) is 27.5 Å². The summed E-state index contributed by atoms with van der Waals surface area (Å²) in [6.07, 6.45) is 0. The van der Waals surface area contributed by atoms with Crippen molar-refractivity contribution in [3.05, 3.63) is 193 Å². The summed E-state index contributed by atoms with van der Waals surface area (Å²) in [5.74, 6) is 0. The Balaban J connectivity index is 1.13. The van der Waals surface area contributed by atoms with Gasteiger partial charge in [0.05, 0.1) is 0 Å². The molecule has 0 radical (unpaired) electrons. The van der Waals surface area contributed by atoms with E-state index >= 15 is 0 Å². The van der Waals surface area contributed by atoms with Crippen molar-refractivity contribution in [2.45, 2.75) is 13.8 Å². The van der Waals surface area contributed by atoms with Crippen molar-refractivity contribution in [2.24, 2.45) is 0 Å². The highest BCUT2D eigenvalue weighted by molar-refractivity contribution is 6.24. The van der Waals surface area contributed by atoms with Crippen molar-refractivity contribution < 1.29 is 4.42 Å². The number of rotatable bonds is 4. The molecule has 1 nitrogen and oxygen atoms in total. The zero-order valence-electron chi connectivity index (χ0n) is 30.7. The van der Waals surface area contributed by atoms with Crippen LogP contribution in [-0.4, -0.2) is 0 Å². The summed E-state index contributed by atoms with van der Waals surface area (Å²) in [6.45, 7) is 4.46. The summed E-state index contributed by atoms with van der Waals surface area (Å²) in [6, 6.07) is 66.4. The van der Waals surface area contributed by atoms with Crippen molar-refractivity contribution in [2.75, 3.05) is 0 Å². The van der Waals surface area contributed by atoms with E-state index in [-0.39, 0.29) is 0 Å². The molecule has 11 rings (SSSR count). The molecule has 0 N–H and O–H groups in total. The van der Waals surface area contributed by atoms with E-state index in [1.165, 1.54) is 93.2 Å². The molecule has 0 amide bonds. The van der Waals surface area contributed by atoms with Crippen LogP contribution in [-0.2, 0) is 0 Å². The van der Waals surface area contributed by atoms with Gasteiger partial charge in [-0.25, -0.2) is 0 Å². The van der Waals surface area contributed by atoms with Gasteiger partial charge in [0.1, 0.15) is 11.2 Å². The summed E-state index contributed by atoms with van der Waals surface area (Å²) in [7, 11) is 0. The quantitative estimate of drug-likeness (QED) is 0.167. The molecular formula is C54H36O. The number of hydrogen-bond acceptors (Lipinski definition) is 1. The third-order valence-corrected chi connectivity index (χ3v) is 11.7. The first-order valence-corrected chi connectivity index (χ1v) is 19.1. The van der Waals surface area contributed by atoms with Gasteiger partial charge in [-0.15, -0.1) is 0 Å². The maximum Gasteiger partial charge on any atom is 0.136 e. The van der Waals surface area contributed by atoms with Crippen LogP contribution in [0.15, 0.2) is 186 Å². The molecule has 0 bridgehead atoms. The van der Waals surface area contributed by atoms with Crippen molar-refractivity contribution in [1.29, 1.82) is 0 Å². The fourth-order valence-electron chi connectivity index (χ4n) is 9.36. The Bertz CT molecular complexity index is 3190. The fraction of sp³-hybridized carbons (Fsp3) is 0.0370. The summed E-state index contributed by atoms with van der Waals surface area (Å²) in [5.41, 5.74) is 14.3. The second kappa shape index (κ2) is 12.3. The Morgan fingerprint density at radius 3 is 1.18 bits per heavy atom. The molecule has 11 aromatic rings. The van der Waals surface area contributed by atoms with Gasteiger partial charge in [0, 0.05) is 10.8 Å². The first-order valence-electron chi connectivity index (χ1n) is 19.1. The topological polar surface area (TPSA) is 13.1 Å². The lowest BCUT2D eigenvalue weighted by molar-refractivity contribution is 0.669. The summed E-state index contributed by atoms with van der Waals surface area (Å²) in [5, 5.41) is 12.3. The zero-order chi connectivity index (χ0) is 36.6. The maximum atomic E-state index is 6.71. The predicted octanol–water partition coefficient (Wildman–Crippen LogP) is 15.5. The van der Waals surface area contributed by atoms with Crippen LogP contribution in [0.25, 0.3) is 110 Å². The molecule has 0 saturated carbocycles. The molecule has 1 aromatic heterocycles. The molecule has 0 atom stereocenters. The molecule has 0 unspecified atom stereocenters. The number of aryl methyl sites for hydroxylation is 2. The van der Waals surface area contributed by atoms with Gasteiger partial charge in [-0.1, -0.05) is 158 Å². The van der Waals surface area contributed by atoms with Crippen LogP contribution in [0, 0.1) is 13.8 Å². The predicted molar refractivity (Wildman–Crippen MR) is 235 cm³/mol. The summed E-state index contributed by atoms with van der Waals surface area (Å²) < 4.78 is 6.71. The second-order valence-corrected chi connectivity index (χ2v) is 14.8. The Morgan fingerprint density at radius 1 is 0.255 bits per heavy atom.